The summed E-state index contributed by atoms with van der Waals surface area (Å²) >= 11 is 0. The molecule has 9 N–H and O–H groups in total. The number of guanidine groups is 1. The molecule has 0 aromatic carbocycles. The maximum atomic E-state index is 8.36. The minimum atomic E-state index is -1.50. The molecule has 0 unspecified atom stereocenters. The summed E-state index contributed by atoms with van der Waals surface area (Å²) in [4.78, 5) is 29.6. The van der Waals surface area contributed by atoms with E-state index in [9.17, 15) is 0 Å². The lowest BCUT2D eigenvalue weighted by molar-refractivity contribution is -0.742. The SMILES string of the molecule is N=C(N)N.O=[N+]([O-])O.O=[N+]([O-])O.c1c[nH]cn1.c1c[nH]cn1. The third-order valence-electron chi connectivity index (χ3n) is 0.812. The van der Waals surface area contributed by atoms with Gasteiger partial charge in [-0.1, -0.05) is 0 Å². The first-order chi connectivity index (χ1) is 10.2. The standard InChI is InChI=1S/2C3H4N2.CH5N3.2HNO3/c2*1-2-5-3-4-1;3*2-1(3)4/h2*1-3H,(H,4,5);(H5,2,3,4);2*(H,2,3,4). The highest BCUT2D eigenvalue weighted by molar-refractivity contribution is 5.71. The molecule has 22 heavy (non-hydrogen) atoms. The maximum Gasteiger partial charge on any atom is 0.291 e. The number of hydrogen-bond acceptors (Lipinski definition) is 7. The zero-order valence-electron chi connectivity index (χ0n) is 10.9. The number of H-pyrrole nitrogens is 2. The lowest BCUT2D eigenvalue weighted by Crippen LogP contribution is -2.20. The lowest BCUT2D eigenvalue weighted by atomic mass is 11.0. The van der Waals surface area contributed by atoms with Gasteiger partial charge in [-0.05, 0) is 0 Å². The van der Waals surface area contributed by atoms with Crippen molar-refractivity contribution in [3.05, 3.63) is 57.7 Å². The van der Waals surface area contributed by atoms with Crippen LogP contribution >= 0.6 is 0 Å². The van der Waals surface area contributed by atoms with Crippen molar-refractivity contribution >= 4 is 5.96 Å². The van der Waals surface area contributed by atoms with Gasteiger partial charge in [0.15, 0.2) is 5.96 Å². The van der Waals surface area contributed by atoms with E-state index in [2.05, 4.69) is 31.4 Å². The van der Waals surface area contributed by atoms with Crippen molar-refractivity contribution in [2.75, 3.05) is 0 Å². The van der Waals surface area contributed by atoms with Crippen molar-refractivity contribution in [2.45, 2.75) is 0 Å². The van der Waals surface area contributed by atoms with Crippen LogP contribution in [0.3, 0.4) is 0 Å². The molecule has 2 aromatic heterocycles. The number of rotatable bonds is 0. The average molecular weight is 321 g/mol. The molecule has 0 fully saturated rings. The van der Waals surface area contributed by atoms with Crippen LogP contribution in [0.15, 0.2) is 37.4 Å². The highest BCUT2D eigenvalue weighted by Gasteiger charge is 1.66. The molecule has 2 heterocycles. The number of nitrogens with two attached hydrogens (primary N) is 2. The molecular weight excluding hydrogens is 306 g/mol. The van der Waals surface area contributed by atoms with E-state index in [1.54, 1.807) is 37.4 Å². The summed E-state index contributed by atoms with van der Waals surface area (Å²) in [6, 6.07) is 0. The Labute approximate surface area is 122 Å². The normalized spacial score (nSPS) is 6.91. The summed E-state index contributed by atoms with van der Waals surface area (Å²) in [7, 11) is 0. The molecule has 2 rings (SSSR count). The van der Waals surface area contributed by atoms with E-state index < -0.39 is 10.2 Å². The molecule has 2 aromatic rings. The number of imidazole rings is 2. The van der Waals surface area contributed by atoms with Gasteiger partial charge in [0.1, 0.15) is 0 Å². The molecule has 0 saturated carbocycles. The number of aromatic nitrogens is 4. The molecule has 0 spiro atoms. The van der Waals surface area contributed by atoms with Crippen molar-refractivity contribution in [3.63, 3.8) is 0 Å². The van der Waals surface area contributed by atoms with E-state index in [1.165, 1.54) is 0 Å². The summed E-state index contributed by atoms with van der Waals surface area (Å²) in [5.74, 6) is -0.333. The summed E-state index contributed by atoms with van der Waals surface area (Å²) < 4.78 is 0. The molecular formula is C7H15N9O6. The molecule has 15 heteroatoms. The Morgan fingerprint density at radius 2 is 1.23 bits per heavy atom. The Hall–Kier alpha value is -3.91. The Kier molecular flexibility index (Phi) is 20.5. The first-order valence-corrected chi connectivity index (χ1v) is 4.81. The van der Waals surface area contributed by atoms with Crippen molar-refractivity contribution in [2.24, 2.45) is 11.5 Å². The Morgan fingerprint density at radius 1 is 1.00 bits per heavy atom. The Balaban J connectivity index is -0.000000207. The first-order valence-electron chi connectivity index (χ1n) is 4.81. The lowest BCUT2D eigenvalue weighted by Gasteiger charge is -1.69. The van der Waals surface area contributed by atoms with E-state index >= 15 is 0 Å². The number of aromatic amines is 2. The minimum Gasteiger partial charge on any atom is -0.370 e. The smallest absolute Gasteiger partial charge is 0.291 e. The van der Waals surface area contributed by atoms with Gasteiger partial charge in [-0.3, -0.25) is 5.41 Å². The van der Waals surface area contributed by atoms with Crippen LogP contribution in [0.25, 0.3) is 0 Å². The van der Waals surface area contributed by atoms with Crippen LogP contribution in [0.2, 0.25) is 0 Å². The van der Waals surface area contributed by atoms with Crippen LogP contribution in [-0.4, -0.2) is 46.5 Å². The van der Waals surface area contributed by atoms with Gasteiger partial charge in [0.25, 0.3) is 10.2 Å². The van der Waals surface area contributed by atoms with Gasteiger partial charge >= 0.3 is 0 Å². The van der Waals surface area contributed by atoms with Gasteiger partial charge in [-0.15, -0.1) is 20.2 Å². The molecule has 0 saturated heterocycles. The van der Waals surface area contributed by atoms with Gasteiger partial charge in [0.05, 0.1) is 12.7 Å². The van der Waals surface area contributed by atoms with Crippen LogP contribution < -0.4 is 11.5 Å². The molecule has 0 aliphatic rings. The highest BCUT2D eigenvalue weighted by atomic mass is 16.9. The number of nitrogens with one attached hydrogen (secondary N) is 3. The maximum absolute atomic E-state index is 8.36. The summed E-state index contributed by atoms with van der Waals surface area (Å²) in [5, 5.41) is 33.3. The number of hydrogen-bond donors (Lipinski definition) is 7. The second-order valence-electron chi connectivity index (χ2n) is 2.45. The van der Waals surface area contributed by atoms with Gasteiger partial charge < -0.3 is 31.8 Å². The fourth-order valence-electron chi connectivity index (χ4n) is 0.430. The Bertz CT molecular complexity index is 358. The van der Waals surface area contributed by atoms with Crippen molar-refractivity contribution in [1.29, 1.82) is 5.41 Å². The predicted octanol–water partition coefficient (Wildman–Crippen LogP) is -1.04. The molecule has 15 nitrogen and oxygen atoms in total. The van der Waals surface area contributed by atoms with Gasteiger partial charge in [0, 0.05) is 24.8 Å². The largest absolute Gasteiger partial charge is 0.370 e. The van der Waals surface area contributed by atoms with Crippen molar-refractivity contribution < 1.29 is 20.6 Å². The third kappa shape index (κ3) is 98.8. The van der Waals surface area contributed by atoms with Crippen LogP contribution in [-0.2, 0) is 0 Å². The molecule has 124 valence electrons. The predicted molar refractivity (Wildman–Crippen MR) is 70.8 cm³/mol. The van der Waals surface area contributed by atoms with Gasteiger partial charge in [0.2, 0.25) is 0 Å². The second-order valence-corrected chi connectivity index (χ2v) is 2.45. The zero-order chi connectivity index (χ0) is 17.8. The van der Waals surface area contributed by atoms with Gasteiger partial charge in [-0.25, -0.2) is 9.97 Å². The van der Waals surface area contributed by atoms with Crippen LogP contribution in [0.5, 0.6) is 0 Å². The molecule has 0 atom stereocenters. The van der Waals surface area contributed by atoms with E-state index in [0.29, 0.717) is 0 Å². The molecule has 0 amide bonds. The summed E-state index contributed by atoms with van der Waals surface area (Å²) in [5.41, 5.74) is 8.94. The van der Waals surface area contributed by atoms with Crippen LogP contribution in [0.4, 0.5) is 0 Å². The quantitative estimate of drug-likeness (QED) is 0.134. The second kappa shape index (κ2) is 19.4. The molecule has 0 radical (unpaired) electrons. The van der Waals surface area contributed by atoms with Gasteiger partial charge in [-0.2, -0.15) is 0 Å². The minimum absolute atomic E-state index is 0.333. The fourth-order valence-corrected chi connectivity index (χ4v) is 0.430. The molecule has 0 aliphatic heterocycles. The van der Waals surface area contributed by atoms with E-state index in [-0.39, 0.29) is 5.96 Å². The summed E-state index contributed by atoms with van der Waals surface area (Å²) in [6.45, 7) is 0. The van der Waals surface area contributed by atoms with Crippen molar-refractivity contribution in [1.82, 2.24) is 19.9 Å². The Morgan fingerprint density at radius 3 is 1.27 bits per heavy atom. The van der Waals surface area contributed by atoms with E-state index in [0.717, 1.165) is 0 Å². The van der Waals surface area contributed by atoms with Crippen molar-refractivity contribution in [3.8, 4) is 0 Å². The number of nitrogens with zero attached hydrogens (tertiary/aromatic N) is 4. The average Bonchev–Trinajstić information content (AvgIpc) is 3.06. The van der Waals surface area contributed by atoms with E-state index in [4.69, 9.17) is 36.1 Å². The van der Waals surface area contributed by atoms with Crippen LogP contribution in [0.1, 0.15) is 0 Å². The molecule has 0 bridgehead atoms. The van der Waals surface area contributed by atoms with Crippen LogP contribution in [0, 0.1) is 25.6 Å². The first kappa shape index (κ1) is 23.2. The highest BCUT2D eigenvalue weighted by Crippen LogP contribution is 1.63. The topological polar surface area (TPSA) is 260 Å². The molecule has 0 aliphatic carbocycles. The fraction of sp³-hybridized carbons (Fsp3) is 0. The zero-order valence-corrected chi connectivity index (χ0v) is 10.9. The summed E-state index contributed by atoms with van der Waals surface area (Å²) in [6.07, 6.45) is 10.2. The van der Waals surface area contributed by atoms with E-state index in [1.807, 2.05) is 0 Å². The monoisotopic (exact) mass is 321 g/mol. The third-order valence-corrected chi connectivity index (χ3v) is 0.812.